The fourth-order valence-corrected chi connectivity index (χ4v) is 1.37. The van der Waals surface area contributed by atoms with E-state index in [2.05, 4.69) is 27.2 Å². The number of nitrogens with zero attached hydrogens (tertiary/aromatic N) is 2. The molecule has 1 amide bonds. The molecule has 1 aromatic heterocycles. The van der Waals surface area contributed by atoms with Crippen molar-refractivity contribution in [3.05, 3.63) is 35.5 Å². The molecule has 6 nitrogen and oxygen atoms in total. The minimum absolute atomic E-state index is 0.00966. The zero-order chi connectivity index (χ0) is 12.3. The highest BCUT2D eigenvalue weighted by Gasteiger charge is 2.15. The predicted molar refractivity (Wildman–Crippen MR) is 62.5 cm³/mol. The molecule has 0 unspecified atom stereocenters. The maximum absolute atomic E-state index is 11.7. The van der Waals surface area contributed by atoms with Gasteiger partial charge >= 0.3 is 0 Å². The molecule has 2 aromatic rings. The summed E-state index contributed by atoms with van der Waals surface area (Å²) in [6, 6.07) is 7.53. The Morgan fingerprint density at radius 3 is 2.59 bits per heavy atom. The molecule has 0 atom stereocenters. The smallest absolute Gasteiger partial charge is 0.281 e. The second kappa shape index (κ2) is 4.65. The molecular formula is C11H12N4O2. The second-order valence-corrected chi connectivity index (χ2v) is 3.50. The van der Waals surface area contributed by atoms with Crippen molar-refractivity contribution in [3.63, 3.8) is 0 Å². The molecule has 0 saturated carbocycles. The number of nitrogens with two attached hydrogens (primary N) is 1. The summed E-state index contributed by atoms with van der Waals surface area (Å²) in [5, 5.41) is 9.41. The number of carbonyl (C=O) groups is 1. The van der Waals surface area contributed by atoms with Crippen LogP contribution in [0, 0.1) is 0 Å². The van der Waals surface area contributed by atoms with Crippen molar-refractivity contribution >= 4 is 17.4 Å². The average Bonchev–Trinajstić information content (AvgIpc) is 2.76. The maximum atomic E-state index is 11.7. The Kier molecular flexibility index (Phi) is 3.04. The van der Waals surface area contributed by atoms with Gasteiger partial charge in [0, 0.05) is 5.69 Å². The van der Waals surface area contributed by atoms with Gasteiger partial charge in [0.1, 0.15) is 0 Å². The Hall–Kier alpha value is -2.37. The van der Waals surface area contributed by atoms with Crippen LogP contribution >= 0.6 is 0 Å². The van der Waals surface area contributed by atoms with Crippen molar-refractivity contribution in [2.75, 3.05) is 11.1 Å². The first-order valence-electron chi connectivity index (χ1n) is 5.19. The summed E-state index contributed by atoms with van der Waals surface area (Å²) in [4.78, 5) is 11.7. The molecule has 88 valence electrons. The summed E-state index contributed by atoms with van der Waals surface area (Å²) < 4.78 is 4.35. The Bertz CT molecular complexity index is 519. The van der Waals surface area contributed by atoms with E-state index in [9.17, 15) is 4.79 Å². The number of amides is 1. The normalized spacial score (nSPS) is 10.2. The first-order valence-corrected chi connectivity index (χ1v) is 5.19. The Balaban J connectivity index is 2.10. The number of nitrogens with one attached hydrogen (secondary N) is 1. The van der Waals surface area contributed by atoms with Gasteiger partial charge < -0.3 is 11.1 Å². The van der Waals surface area contributed by atoms with Gasteiger partial charge in [-0.1, -0.05) is 19.1 Å². The standard InChI is InChI=1S/C11H12N4O2/c1-2-7-3-5-8(6-4-7)13-11(16)9-10(12)15-17-14-9/h3-6H,2H2,1H3,(H2,12,15)(H,13,16). The maximum Gasteiger partial charge on any atom is 0.281 e. The van der Waals surface area contributed by atoms with Crippen LogP contribution < -0.4 is 11.1 Å². The first-order chi connectivity index (χ1) is 8.20. The zero-order valence-corrected chi connectivity index (χ0v) is 9.30. The van der Waals surface area contributed by atoms with Crippen molar-refractivity contribution in [1.29, 1.82) is 0 Å². The summed E-state index contributed by atoms with van der Waals surface area (Å²) in [6.07, 6.45) is 0.953. The second-order valence-electron chi connectivity index (χ2n) is 3.50. The molecule has 0 spiro atoms. The third-order valence-corrected chi connectivity index (χ3v) is 2.35. The molecule has 6 heteroatoms. The minimum atomic E-state index is -0.437. The van der Waals surface area contributed by atoms with Crippen LogP contribution in [-0.2, 0) is 6.42 Å². The lowest BCUT2D eigenvalue weighted by Gasteiger charge is -2.03. The van der Waals surface area contributed by atoms with Crippen LogP contribution in [0.25, 0.3) is 0 Å². The van der Waals surface area contributed by atoms with Crippen LogP contribution in [0.2, 0.25) is 0 Å². The van der Waals surface area contributed by atoms with Gasteiger partial charge in [-0.05, 0) is 34.4 Å². The average molecular weight is 232 g/mol. The molecule has 0 saturated heterocycles. The summed E-state index contributed by atoms with van der Waals surface area (Å²) in [7, 11) is 0. The van der Waals surface area contributed by atoms with Gasteiger partial charge in [-0.2, -0.15) is 0 Å². The highest BCUT2D eigenvalue weighted by molar-refractivity contribution is 6.05. The van der Waals surface area contributed by atoms with E-state index < -0.39 is 5.91 Å². The number of carbonyl (C=O) groups excluding carboxylic acids is 1. The lowest BCUT2D eigenvalue weighted by molar-refractivity contribution is 0.101. The van der Waals surface area contributed by atoms with Gasteiger partial charge in [0.2, 0.25) is 11.5 Å². The lowest BCUT2D eigenvalue weighted by Crippen LogP contribution is -2.14. The van der Waals surface area contributed by atoms with Crippen LogP contribution in [0.5, 0.6) is 0 Å². The van der Waals surface area contributed by atoms with E-state index in [1.807, 2.05) is 24.3 Å². The number of benzene rings is 1. The summed E-state index contributed by atoms with van der Waals surface area (Å²) in [6.45, 7) is 2.06. The van der Waals surface area contributed by atoms with E-state index in [-0.39, 0.29) is 11.5 Å². The first kappa shape index (κ1) is 11.1. The highest BCUT2D eigenvalue weighted by Crippen LogP contribution is 2.12. The van der Waals surface area contributed by atoms with Crippen molar-refractivity contribution in [1.82, 2.24) is 10.3 Å². The molecule has 0 aliphatic rings. The molecule has 2 rings (SSSR count). The van der Waals surface area contributed by atoms with Crippen molar-refractivity contribution in [3.8, 4) is 0 Å². The van der Waals surface area contributed by atoms with Crippen LogP contribution in [0.15, 0.2) is 28.9 Å². The number of anilines is 2. The largest absolute Gasteiger partial charge is 0.379 e. The van der Waals surface area contributed by atoms with Crippen LogP contribution in [-0.4, -0.2) is 16.2 Å². The fraction of sp³-hybridized carbons (Fsp3) is 0.182. The third-order valence-electron chi connectivity index (χ3n) is 2.35. The Morgan fingerprint density at radius 1 is 1.35 bits per heavy atom. The van der Waals surface area contributed by atoms with Gasteiger partial charge in [-0.25, -0.2) is 4.63 Å². The van der Waals surface area contributed by atoms with E-state index in [1.54, 1.807) is 0 Å². The molecule has 1 heterocycles. The van der Waals surface area contributed by atoms with E-state index >= 15 is 0 Å². The molecule has 1 aromatic carbocycles. The monoisotopic (exact) mass is 232 g/mol. The number of aromatic nitrogens is 2. The SMILES string of the molecule is CCc1ccc(NC(=O)c2nonc2N)cc1. The van der Waals surface area contributed by atoms with Gasteiger partial charge in [0.25, 0.3) is 5.91 Å². The van der Waals surface area contributed by atoms with Gasteiger partial charge in [-0.3, -0.25) is 4.79 Å². The van der Waals surface area contributed by atoms with Crippen molar-refractivity contribution in [2.45, 2.75) is 13.3 Å². The highest BCUT2D eigenvalue weighted by atomic mass is 16.6. The summed E-state index contributed by atoms with van der Waals surface area (Å²) >= 11 is 0. The topological polar surface area (TPSA) is 94.0 Å². The molecule has 0 radical (unpaired) electrons. The Labute approximate surface area is 97.8 Å². The molecule has 3 N–H and O–H groups in total. The van der Waals surface area contributed by atoms with Crippen LogP contribution in [0.1, 0.15) is 23.0 Å². The number of hydrogen-bond donors (Lipinski definition) is 2. The molecular weight excluding hydrogens is 220 g/mol. The van der Waals surface area contributed by atoms with Gasteiger partial charge in [0.15, 0.2) is 0 Å². The molecule has 0 bridgehead atoms. The van der Waals surface area contributed by atoms with E-state index in [0.717, 1.165) is 6.42 Å². The quantitative estimate of drug-likeness (QED) is 0.835. The third kappa shape index (κ3) is 2.41. The van der Waals surface area contributed by atoms with E-state index in [1.165, 1.54) is 5.56 Å². The lowest BCUT2D eigenvalue weighted by atomic mass is 10.1. The minimum Gasteiger partial charge on any atom is -0.379 e. The molecule has 17 heavy (non-hydrogen) atoms. The number of rotatable bonds is 3. The summed E-state index contributed by atoms with van der Waals surface area (Å²) in [5.74, 6) is -0.458. The van der Waals surface area contributed by atoms with Crippen LogP contribution in [0.4, 0.5) is 11.5 Å². The van der Waals surface area contributed by atoms with Crippen molar-refractivity contribution < 1.29 is 9.42 Å². The number of aryl methyl sites for hydroxylation is 1. The van der Waals surface area contributed by atoms with Crippen molar-refractivity contribution in [2.24, 2.45) is 0 Å². The predicted octanol–water partition coefficient (Wildman–Crippen LogP) is 1.47. The molecule has 0 fully saturated rings. The fourth-order valence-electron chi connectivity index (χ4n) is 1.37. The Morgan fingerprint density at radius 2 is 2.06 bits per heavy atom. The van der Waals surface area contributed by atoms with Gasteiger partial charge in [0.05, 0.1) is 0 Å². The molecule has 0 aliphatic heterocycles. The number of nitrogen functional groups attached to an aromatic ring is 1. The number of hydrogen-bond acceptors (Lipinski definition) is 5. The van der Waals surface area contributed by atoms with E-state index in [4.69, 9.17) is 5.73 Å². The van der Waals surface area contributed by atoms with E-state index in [0.29, 0.717) is 5.69 Å². The van der Waals surface area contributed by atoms with Crippen LogP contribution in [0.3, 0.4) is 0 Å². The zero-order valence-electron chi connectivity index (χ0n) is 9.30. The van der Waals surface area contributed by atoms with Gasteiger partial charge in [-0.15, -0.1) is 0 Å². The summed E-state index contributed by atoms with van der Waals surface area (Å²) in [5.41, 5.74) is 7.28. The molecule has 0 aliphatic carbocycles.